The molecule has 0 aliphatic heterocycles. The lowest BCUT2D eigenvalue weighted by atomic mass is 10.3. The lowest BCUT2D eigenvalue weighted by Crippen LogP contribution is -2.02. The average molecular weight is 220 g/mol. The monoisotopic (exact) mass is 220 g/mol. The Morgan fingerprint density at radius 3 is 2.88 bits per heavy atom. The smallest absolute Gasteiger partial charge is 0.226 e. The third-order valence-electron chi connectivity index (χ3n) is 2.03. The van der Waals surface area contributed by atoms with Crippen molar-refractivity contribution >= 4 is 0 Å². The van der Waals surface area contributed by atoms with Crippen LogP contribution in [0.2, 0.25) is 0 Å². The van der Waals surface area contributed by atoms with Gasteiger partial charge in [0.05, 0.1) is 0 Å². The number of nitrogens with zero attached hydrogens (tertiary/aromatic N) is 2. The molecule has 84 valence electrons. The number of pyridine rings is 1. The molecular formula is C11H12N2O3. The van der Waals surface area contributed by atoms with Crippen LogP contribution in [0.1, 0.15) is 18.9 Å². The molecule has 0 aromatic carbocycles. The van der Waals surface area contributed by atoms with E-state index < -0.39 is 6.29 Å². The molecule has 0 amide bonds. The Kier molecular flexibility index (Phi) is 3.28. The van der Waals surface area contributed by atoms with Gasteiger partial charge in [0.2, 0.25) is 12.2 Å². The van der Waals surface area contributed by atoms with E-state index in [0.29, 0.717) is 18.2 Å². The molecule has 16 heavy (non-hydrogen) atoms. The van der Waals surface area contributed by atoms with Crippen molar-refractivity contribution in [2.24, 2.45) is 0 Å². The van der Waals surface area contributed by atoms with E-state index in [1.54, 1.807) is 31.5 Å². The second-order valence-corrected chi connectivity index (χ2v) is 3.12. The number of oxazole rings is 1. The van der Waals surface area contributed by atoms with Crippen LogP contribution in [0.4, 0.5) is 0 Å². The highest BCUT2D eigenvalue weighted by atomic mass is 16.6. The molecule has 2 aromatic heterocycles. The highest BCUT2D eigenvalue weighted by Crippen LogP contribution is 2.21. The Balaban J connectivity index is 2.20. The largest absolute Gasteiger partial charge is 0.444 e. The molecule has 5 nitrogen and oxygen atoms in total. The maximum atomic E-state index is 9.52. The third kappa shape index (κ3) is 2.26. The zero-order valence-corrected chi connectivity index (χ0v) is 8.83. The van der Waals surface area contributed by atoms with E-state index in [-0.39, 0.29) is 0 Å². The summed E-state index contributed by atoms with van der Waals surface area (Å²) in [5, 5.41) is 9.52. The fraction of sp³-hybridized carbons (Fsp3) is 0.273. The van der Waals surface area contributed by atoms with Crippen molar-refractivity contribution in [2.45, 2.75) is 13.2 Å². The first-order chi connectivity index (χ1) is 7.81. The first-order valence-electron chi connectivity index (χ1n) is 4.96. The Morgan fingerprint density at radius 2 is 2.19 bits per heavy atom. The summed E-state index contributed by atoms with van der Waals surface area (Å²) in [4.78, 5) is 8.03. The molecule has 0 aliphatic rings. The molecule has 0 fully saturated rings. The summed E-state index contributed by atoms with van der Waals surface area (Å²) in [6, 6.07) is 3.56. The summed E-state index contributed by atoms with van der Waals surface area (Å²) >= 11 is 0. The fourth-order valence-corrected chi connectivity index (χ4v) is 1.27. The molecule has 1 atom stereocenters. The Bertz CT molecular complexity index is 442. The van der Waals surface area contributed by atoms with Gasteiger partial charge in [-0.05, 0) is 19.1 Å². The molecule has 0 saturated carbocycles. The zero-order chi connectivity index (χ0) is 11.4. The van der Waals surface area contributed by atoms with Crippen LogP contribution in [-0.4, -0.2) is 21.7 Å². The van der Waals surface area contributed by atoms with Gasteiger partial charge in [0, 0.05) is 24.6 Å². The first kappa shape index (κ1) is 10.8. The van der Waals surface area contributed by atoms with Crippen LogP contribution in [0.3, 0.4) is 0 Å². The van der Waals surface area contributed by atoms with Gasteiger partial charge in [0.25, 0.3) is 0 Å². The van der Waals surface area contributed by atoms with Gasteiger partial charge in [0.15, 0.2) is 0 Å². The molecule has 2 rings (SSSR count). The predicted octanol–water partition coefficient (Wildman–Crippen LogP) is 1.76. The number of aromatic nitrogens is 2. The van der Waals surface area contributed by atoms with E-state index in [1.807, 2.05) is 0 Å². The Hall–Kier alpha value is -1.72. The van der Waals surface area contributed by atoms with Crippen LogP contribution in [0.15, 0.2) is 35.2 Å². The minimum absolute atomic E-state index is 0.369. The van der Waals surface area contributed by atoms with E-state index in [1.165, 1.54) is 6.26 Å². The van der Waals surface area contributed by atoms with Gasteiger partial charge < -0.3 is 14.3 Å². The van der Waals surface area contributed by atoms with E-state index in [0.717, 1.165) is 5.56 Å². The van der Waals surface area contributed by atoms with E-state index in [2.05, 4.69) is 9.97 Å². The van der Waals surface area contributed by atoms with Crippen LogP contribution in [0, 0.1) is 0 Å². The molecule has 1 unspecified atom stereocenters. The molecule has 0 saturated heterocycles. The minimum atomic E-state index is -1.04. The van der Waals surface area contributed by atoms with Gasteiger partial charge >= 0.3 is 0 Å². The molecule has 0 radical (unpaired) electrons. The standard InChI is InChI=1S/C11H12N2O3/c1-2-15-11(14)9-7-16-10(13-9)8-3-5-12-6-4-8/h3-7,11,14H,2H2,1H3. The lowest BCUT2D eigenvalue weighted by molar-refractivity contribution is -0.101. The Labute approximate surface area is 92.7 Å². The van der Waals surface area contributed by atoms with Gasteiger partial charge in [-0.2, -0.15) is 0 Å². The van der Waals surface area contributed by atoms with Crippen molar-refractivity contribution in [2.75, 3.05) is 6.61 Å². The van der Waals surface area contributed by atoms with Crippen LogP contribution >= 0.6 is 0 Å². The molecular weight excluding hydrogens is 208 g/mol. The summed E-state index contributed by atoms with van der Waals surface area (Å²) in [5.41, 5.74) is 1.18. The molecule has 0 spiro atoms. The van der Waals surface area contributed by atoms with Crippen LogP contribution < -0.4 is 0 Å². The number of hydrogen-bond donors (Lipinski definition) is 1. The highest BCUT2D eigenvalue weighted by Gasteiger charge is 2.13. The van der Waals surface area contributed by atoms with Crippen molar-refractivity contribution in [1.82, 2.24) is 9.97 Å². The molecule has 1 N–H and O–H groups in total. The van der Waals surface area contributed by atoms with Crippen molar-refractivity contribution in [3.63, 3.8) is 0 Å². The van der Waals surface area contributed by atoms with Crippen molar-refractivity contribution < 1.29 is 14.3 Å². The number of ether oxygens (including phenoxy) is 1. The summed E-state index contributed by atoms with van der Waals surface area (Å²) in [6.45, 7) is 2.21. The second-order valence-electron chi connectivity index (χ2n) is 3.12. The number of aliphatic hydroxyl groups excluding tert-OH is 1. The zero-order valence-electron chi connectivity index (χ0n) is 8.83. The van der Waals surface area contributed by atoms with E-state index in [9.17, 15) is 5.11 Å². The molecule has 0 aliphatic carbocycles. The number of rotatable bonds is 4. The normalized spacial score (nSPS) is 12.6. The topological polar surface area (TPSA) is 68.4 Å². The minimum Gasteiger partial charge on any atom is -0.444 e. The summed E-state index contributed by atoms with van der Waals surface area (Å²) < 4.78 is 10.2. The van der Waals surface area contributed by atoms with Gasteiger partial charge in [0.1, 0.15) is 12.0 Å². The van der Waals surface area contributed by atoms with Crippen molar-refractivity contribution in [3.05, 3.63) is 36.5 Å². The molecule has 2 aromatic rings. The van der Waals surface area contributed by atoms with Crippen LogP contribution in [0.25, 0.3) is 11.5 Å². The van der Waals surface area contributed by atoms with Gasteiger partial charge in [-0.25, -0.2) is 4.98 Å². The maximum absolute atomic E-state index is 9.52. The number of aliphatic hydroxyl groups is 1. The summed E-state index contributed by atoms with van der Waals surface area (Å²) in [7, 11) is 0. The predicted molar refractivity (Wildman–Crippen MR) is 56.3 cm³/mol. The van der Waals surface area contributed by atoms with E-state index >= 15 is 0 Å². The maximum Gasteiger partial charge on any atom is 0.226 e. The van der Waals surface area contributed by atoms with Crippen LogP contribution in [0.5, 0.6) is 0 Å². The Morgan fingerprint density at radius 1 is 1.44 bits per heavy atom. The van der Waals surface area contributed by atoms with Crippen molar-refractivity contribution in [3.8, 4) is 11.5 Å². The van der Waals surface area contributed by atoms with Gasteiger partial charge in [-0.15, -0.1) is 0 Å². The number of hydrogen-bond acceptors (Lipinski definition) is 5. The highest BCUT2D eigenvalue weighted by molar-refractivity contribution is 5.51. The van der Waals surface area contributed by atoms with E-state index in [4.69, 9.17) is 9.15 Å². The molecule has 5 heteroatoms. The lowest BCUT2D eigenvalue weighted by Gasteiger charge is -2.05. The van der Waals surface area contributed by atoms with Gasteiger partial charge in [-0.3, -0.25) is 4.98 Å². The SMILES string of the molecule is CCOC(O)c1coc(-c2ccncc2)n1. The average Bonchev–Trinajstić information content (AvgIpc) is 2.80. The molecule has 2 heterocycles. The summed E-state index contributed by atoms with van der Waals surface area (Å²) in [6.07, 6.45) is 3.65. The molecule has 0 bridgehead atoms. The fourth-order valence-electron chi connectivity index (χ4n) is 1.27. The van der Waals surface area contributed by atoms with Gasteiger partial charge in [-0.1, -0.05) is 0 Å². The summed E-state index contributed by atoms with van der Waals surface area (Å²) in [5.74, 6) is 0.441. The third-order valence-corrected chi connectivity index (χ3v) is 2.03. The first-order valence-corrected chi connectivity index (χ1v) is 4.96. The van der Waals surface area contributed by atoms with Crippen LogP contribution in [-0.2, 0) is 4.74 Å². The quantitative estimate of drug-likeness (QED) is 0.795. The van der Waals surface area contributed by atoms with Crippen molar-refractivity contribution in [1.29, 1.82) is 0 Å². The second kappa shape index (κ2) is 4.87.